The van der Waals surface area contributed by atoms with E-state index in [9.17, 15) is 13.6 Å². The number of carbonyl (C=O) groups excluding carboxylic acids is 1. The van der Waals surface area contributed by atoms with Gasteiger partial charge in [-0.2, -0.15) is 0 Å². The van der Waals surface area contributed by atoms with Crippen molar-refractivity contribution < 1.29 is 13.6 Å². The van der Waals surface area contributed by atoms with Gasteiger partial charge in [-0.3, -0.25) is 4.79 Å². The molecule has 0 N–H and O–H groups in total. The monoisotopic (exact) mass is 168 g/mol. The molecule has 0 aromatic heterocycles. The van der Waals surface area contributed by atoms with E-state index in [1.165, 1.54) is 18.2 Å². The second-order valence-corrected chi connectivity index (χ2v) is 2.80. The summed E-state index contributed by atoms with van der Waals surface area (Å²) >= 11 is 0. The number of rotatable bonds is 0. The van der Waals surface area contributed by atoms with Gasteiger partial charge in [0.05, 0.1) is 0 Å². The summed E-state index contributed by atoms with van der Waals surface area (Å²) in [6.07, 6.45) is -1.65. The second kappa shape index (κ2) is 2.37. The van der Waals surface area contributed by atoms with E-state index in [0.717, 1.165) is 0 Å². The molecule has 1 aliphatic rings. The van der Waals surface area contributed by atoms with E-state index in [1.807, 2.05) is 0 Å². The summed E-state index contributed by atoms with van der Waals surface area (Å²) in [6.45, 7) is 0. The lowest BCUT2D eigenvalue weighted by molar-refractivity contribution is 0.0899. The van der Waals surface area contributed by atoms with Gasteiger partial charge in [0.25, 0.3) is 0 Å². The van der Waals surface area contributed by atoms with Gasteiger partial charge >= 0.3 is 0 Å². The Bertz CT molecular complexity index is 346. The van der Waals surface area contributed by atoms with Crippen LogP contribution in [0, 0.1) is 5.82 Å². The van der Waals surface area contributed by atoms with Crippen LogP contribution in [0.1, 0.15) is 15.9 Å². The molecule has 0 amide bonds. The van der Waals surface area contributed by atoms with E-state index < -0.39 is 17.8 Å². The second-order valence-electron chi connectivity index (χ2n) is 2.80. The molecular formula is C9H6F2O. The van der Waals surface area contributed by atoms with E-state index >= 15 is 0 Å². The molecule has 1 atom stereocenters. The molecular weight excluding hydrogens is 162 g/mol. The molecule has 0 bridgehead atoms. The average Bonchev–Trinajstić information content (AvgIpc) is 2.32. The molecule has 1 aromatic carbocycles. The van der Waals surface area contributed by atoms with Gasteiger partial charge in [0.1, 0.15) is 5.82 Å². The lowest BCUT2D eigenvalue weighted by Crippen LogP contribution is -2.07. The quantitative estimate of drug-likeness (QED) is 0.578. The van der Waals surface area contributed by atoms with Crippen molar-refractivity contribution in [1.29, 1.82) is 0 Å². The van der Waals surface area contributed by atoms with E-state index in [1.54, 1.807) is 0 Å². The number of hydrogen-bond donors (Lipinski definition) is 0. The molecule has 1 aromatic rings. The third-order valence-electron chi connectivity index (χ3n) is 2.05. The molecule has 0 spiro atoms. The molecule has 0 radical (unpaired) electrons. The summed E-state index contributed by atoms with van der Waals surface area (Å²) in [5.74, 6) is -1.08. The SMILES string of the molecule is O=C1c2cccc(F)c2CC1F. The van der Waals surface area contributed by atoms with Gasteiger partial charge in [-0.1, -0.05) is 12.1 Å². The maximum absolute atomic E-state index is 12.9. The molecule has 3 heteroatoms. The number of carbonyl (C=O) groups is 1. The number of fused-ring (bicyclic) bond motifs is 1. The first-order valence-corrected chi connectivity index (χ1v) is 3.66. The maximum Gasteiger partial charge on any atom is 0.197 e. The Balaban J connectivity index is 2.61. The van der Waals surface area contributed by atoms with Gasteiger partial charge < -0.3 is 0 Å². The van der Waals surface area contributed by atoms with E-state index in [0.29, 0.717) is 0 Å². The number of hydrogen-bond acceptors (Lipinski definition) is 1. The van der Waals surface area contributed by atoms with E-state index in [2.05, 4.69) is 0 Å². The highest BCUT2D eigenvalue weighted by Crippen LogP contribution is 2.26. The standard InChI is InChI=1S/C9H6F2O/c10-7-3-1-2-5-6(7)4-8(11)9(5)12/h1-3,8H,4H2. The van der Waals surface area contributed by atoms with Crippen LogP contribution in [-0.4, -0.2) is 12.0 Å². The van der Waals surface area contributed by atoms with Gasteiger partial charge in [0.15, 0.2) is 12.0 Å². The van der Waals surface area contributed by atoms with Gasteiger partial charge in [-0.15, -0.1) is 0 Å². The molecule has 0 fully saturated rings. The van der Waals surface area contributed by atoms with Crippen molar-refractivity contribution in [3.05, 3.63) is 35.1 Å². The number of Topliss-reactive ketones (excluding diaryl/α,β-unsaturated/α-hetero) is 1. The normalized spacial score (nSPS) is 21.2. The first kappa shape index (κ1) is 7.40. The highest BCUT2D eigenvalue weighted by molar-refractivity contribution is 6.03. The minimum absolute atomic E-state index is 0.110. The van der Waals surface area contributed by atoms with Gasteiger partial charge in [0, 0.05) is 17.5 Å². The topological polar surface area (TPSA) is 17.1 Å². The van der Waals surface area contributed by atoms with Crippen molar-refractivity contribution in [3.63, 3.8) is 0 Å². The fraction of sp³-hybridized carbons (Fsp3) is 0.222. The highest BCUT2D eigenvalue weighted by Gasteiger charge is 2.31. The van der Waals surface area contributed by atoms with Gasteiger partial charge in [-0.25, -0.2) is 8.78 Å². The van der Waals surface area contributed by atoms with Crippen LogP contribution in [-0.2, 0) is 6.42 Å². The minimum atomic E-state index is -1.54. The van der Waals surface area contributed by atoms with E-state index in [4.69, 9.17) is 0 Å². The molecule has 12 heavy (non-hydrogen) atoms. The van der Waals surface area contributed by atoms with Crippen LogP contribution >= 0.6 is 0 Å². The lowest BCUT2D eigenvalue weighted by Gasteiger charge is -1.95. The number of alkyl halides is 1. The lowest BCUT2D eigenvalue weighted by atomic mass is 10.1. The zero-order valence-corrected chi connectivity index (χ0v) is 6.18. The predicted octanol–water partition coefficient (Wildman–Crippen LogP) is 1.90. The molecule has 0 saturated carbocycles. The Labute approximate surface area is 68.0 Å². The molecule has 0 aliphatic heterocycles. The summed E-state index contributed by atoms with van der Waals surface area (Å²) in [4.78, 5) is 11.0. The summed E-state index contributed by atoms with van der Waals surface area (Å²) in [5, 5.41) is 0. The predicted molar refractivity (Wildman–Crippen MR) is 39.3 cm³/mol. The number of ketones is 1. The average molecular weight is 168 g/mol. The molecule has 1 unspecified atom stereocenters. The van der Waals surface area contributed by atoms with Crippen LogP contribution in [0.2, 0.25) is 0 Å². The van der Waals surface area contributed by atoms with Gasteiger partial charge in [-0.05, 0) is 6.07 Å². The smallest absolute Gasteiger partial charge is 0.197 e. The summed E-state index contributed by atoms with van der Waals surface area (Å²) in [7, 11) is 0. The van der Waals surface area contributed by atoms with Gasteiger partial charge in [0.2, 0.25) is 0 Å². The van der Waals surface area contributed by atoms with Crippen molar-refractivity contribution >= 4 is 5.78 Å². The Morgan fingerprint density at radius 2 is 2.17 bits per heavy atom. The fourth-order valence-corrected chi connectivity index (χ4v) is 1.44. The van der Waals surface area contributed by atoms with Crippen molar-refractivity contribution in [3.8, 4) is 0 Å². The zero-order chi connectivity index (χ0) is 8.72. The molecule has 1 aliphatic carbocycles. The Morgan fingerprint density at radius 3 is 2.83 bits per heavy atom. The molecule has 0 heterocycles. The van der Waals surface area contributed by atoms with Crippen LogP contribution in [0.15, 0.2) is 18.2 Å². The third-order valence-corrected chi connectivity index (χ3v) is 2.05. The van der Waals surface area contributed by atoms with Crippen LogP contribution in [0.25, 0.3) is 0 Å². The van der Waals surface area contributed by atoms with Crippen LogP contribution < -0.4 is 0 Å². The summed E-state index contributed by atoms with van der Waals surface area (Å²) in [6, 6.07) is 4.12. The van der Waals surface area contributed by atoms with Crippen LogP contribution in [0.3, 0.4) is 0 Å². The summed E-state index contributed by atoms with van der Waals surface area (Å²) < 4.78 is 25.7. The van der Waals surface area contributed by atoms with E-state index in [-0.39, 0.29) is 17.5 Å². The molecule has 1 nitrogen and oxygen atoms in total. The zero-order valence-electron chi connectivity index (χ0n) is 6.18. The Hall–Kier alpha value is -1.25. The Kier molecular flexibility index (Phi) is 1.46. The molecule has 0 saturated heterocycles. The third kappa shape index (κ3) is 0.858. The highest BCUT2D eigenvalue weighted by atomic mass is 19.1. The number of benzene rings is 1. The number of halogens is 2. The first-order chi connectivity index (χ1) is 5.70. The minimum Gasteiger partial charge on any atom is -0.291 e. The van der Waals surface area contributed by atoms with Crippen molar-refractivity contribution in [2.45, 2.75) is 12.6 Å². The largest absolute Gasteiger partial charge is 0.291 e. The Morgan fingerprint density at radius 1 is 1.42 bits per heavy atom. The fourth-order valence-electron chi connectivity index (χ4n) is 1.44. The molecule has 62 valence electrons. The first-order valence-electron chi connectivity index (χ1n) is 3.66. The summed E-state index contributed by atoms with van der Waals surface area (Å²) in [5.41, 5.74) is 0.414. The van der Waals surface area contributed by atoms with Crippen LogP contribution in [0.4, 0.5) is 8.78 Å². The van der Waals surface area contributed by atoms with Crippen LogP contribution in [0.5, 0.6) is 0 Å². The van der Waals surface area contributed by atoms with Crippen molar-refractivity contribution in [2.24, 2.45) is 0 Å². The molecule has 2 rings (SSSR count). The maximum atomic E-state index is 12.9. The van der Waals surface area contributed by atoms with Crippen molar-refractivity contribution in [2.75, 3.05) is 0 Å². The van der Waals surface area contributed by atoms with Crippen molar-refractivity contribution in [1.82, 2.24) is 0 Å².